The molecule has 0 radical (unpaired) electrons. The summed E-state index contributed by atoms with van der Waals surface area (Å²) in [7, 11) is 0. The third-order valence-corrected chi connectivity index (χ3v) is 5.06. The van der Waals surface area contributed by atoms with Crippen molar-refractivity contribution in [1.29, 1.82) is 0 Å². The van der Waals surface area contributed by atoms with Gasteiger partial charge in [-0.05, 0) is 49.1 Å². The fourth-order valence-corrected chi connectivity index (χ4v) is 3.47. The van der Waals surface area contributed by atoms with Crippen molar-refractivity contribution in [2.24, 2.45) is 11.8 Å². The number of hydrogen-bond donors (Lipinski definition) is 3. The molecule has 3 rings (SSSR count). The minimum atomic E-state index is -0.956. The normalized spacial score (nSPS) is 18.1. The lowest BCUT2D eigenvalue weighted by Gasteiger charge is -2.24. The molecule has 0 heterocycles. The third-order valence-electron chi connectivity index (χ3n) is 5.06. The van der Waals surface area contributed by atoms with Crippen molar-refractivity contribution in [2.75, 3.05) is 10.6 Å². The lowest BCUT2D eigenvalue weighted by molar-refractivity contribution is -0.146. The summed E-state index contributed by atoms with van der Waals surface area (Å²) in [6, 6.07) is 14.7. The topological polar surface area (TPSA) is 95.5 Å². The van der Waals surface area contributed by atoms with Gasteiger partial charge in [0.2, 0.25) is 11.8 Å². The summed E-state index contributed by atoms with van der Waals surface area (Å²) in [5.74, 6) is -2.68. The molecule has 150 valence electrons. The molecule has 0 fully saturated rings. The predicted molar refractivity (Wildman–Crippen MR) is 112 cm³/mol. The number of rotatable bonds is 6. The van der Waals surface area contributed by atoms with E-state index in [0.29, 0.717) is 24.2 Å². The van der Waals surface area contributed by atoms with Gasteiger partial charge in [-0.2, -0.15) is 0 Å². The van der Waals surface area contributed by atoms with E-state index in [1.165, 1.54) is 0 Å². The van der Waals surface area contributed by atoms with Crippen LogP contribution in [0, 0.1) is 18.8 Å². The summed E-state index contributed by atoms with van der Waals surface area (Å²) in [6.07, 6.45) is 4.71. The average Bonchev–Trinajstić information content (AvgIpc) is 2.70. The van der Waals surface area contributed by atoms with E-state index in [0.717, 1.165) is 11.1 Å². The molecule has 0 unspecified atom stereocenters. The van der Waals surface area contributed by atoms with E-state index in [9.17, 15) is 19.5 Å². The SMILES string of the molecule is Cc1cc(NC(=O)[C@H]2CC=CC[C@H]2C(=O)O)ccc1NC(=O)Cc1ccccc1. The predicted octanol–water partition coefficient (Wildman–Crippen LogP) is 3.78. The van der Waals surface area contributed by atoms with Gasteiger partial charge in [-0.1, -0.05) is 42.5 Å². The number of carbonyl (C=O) groups is 3. The molecule has 0 saturated carbocycles. The Bertz CT molecular complexity index is 937. The minimum Gasteiger partial charge on any atom is -0.481 e. The summed E-state index contributed by atoms with van der Waals surface area (Å²) < 4.78 is 0. The maximum atomic E-state index is 12.6. The second kappa shape index (κ2) is 9.19. The summed E-state index contributed by atoms with van der Waals surface area (Å²) >= 11 is 0. The highest BCUT2D eigenvalue weighted by molar-refractivity contribution is 5.97. The van der Waals surface area contributed by atoms with Crippen LogP contribution in [0.25, 0.3) is 0 Å². The summed E-state index contributed by atoms with van der Waals surface area (Å²) in [6.45, 7) is 1.84. The number of anilines is 2. The van der Waals surface area contributed by atoms with Crippen LogP contribution in [-0.2, 0) is 20.8 Å². The van der Waals surface area contributed by atoms with E-state index < -0.39 is 17.8 Å². The number of nitrogens with one attached hydrogen (secondary N) is 2. The molecule has 0 bridgehead atoms. The number of hydrogen-bond acceptors (Lipinski definition) is 3. The molecule has 6 heteroatoms. The van der Waals surface area contributed by atoms with Crippen LogP contribution in [0.1, 0.15) is 24.0 Å². The Kier molecular flexibility index (Phi) is 6.44. The Morgan fingerprint density at radius 1 is 0.966 bits per heavy atom. The molecule has 1 aliphatic carbocycles. The summed E-state index contributed by atoms with van der Waals surface area (Å²) in [4.78, 5) is 36.2. The smallest absolute Gasteiger partial charge is 0.307 e. The Morgan fingerprint density at radius 2 is 1.66 bits per heavy atom. The van der Waals surface area contributed by atoms with Crippen LogP contribution >= 0.6 is 0 Å². The van der Waals surface area contributed by atoms with E-state index in [4.69, 9.17) is 0 Å². The number of carboxylic acids is 1. The highest BCUT2D eigenvalue weighted by Crippen LogP contribution is 2.28. The van der Waals surface area contributed by atoms with Gasteiger partial charge in [0.1, 0.15) is 0 Å². The van der Waals surface area contributed by atoms with Gasteiger partial charge in [-0.3, -0.25) is 14.4 Å². The molecule has 1 aliphatic rings. The van der Waals surface area contributed by atoms with Crippen molar-refractivity contribution in [3.63, 3.8) is 0 Å². The van der Waals surface area contributed by atoms with Crippen LogP contribution in [-0.4, -0.2) is 22.9 Å². The quantitative estimate of drug-likeness (QED) is 0.652. The van der Waals surface area contributed by atoms with E-state index in [1.807, 2.05) is 43.3 Å². The average molecular weight is 392 g/mol. The van der Waals surface area contributed by atoms with Crippen molar-refractivity contribution in [3.05, 3.63) is 71.8 Å². The largest absolute Gasteiger partial charge is 0.481 e. The monoisotopic (exact) mass is 392 g/mol. The maximum Gasteiger partial charge on any atom is 0.307 e. The zero-order valence-electron chi connectivity index (χ0n) is 16.2. The zero-order chi connectivity index (χ0) is 20.8. The van der Waals surface area contributed by atoms with Crippen LogP contribution in [0.4, 0.5) is 11.4 Å². The molecule has 0 spiro atoms. The fraction of sp³-hybridized carbons (Fsp3) is 0.261. The number of aliphatic carboxylic acids is 1. The molecule has 2 amide bonds. The van der Waals surface area contributed by atoms with Gasteiger partial charge < -0.3 is 15.7 Å². The molecular weight excluding hydrogens is 368 g/mol. The van der Waals surface area contributed by atoms with Gasteiger partial charge in [0.05, 0.1) is 18.3 Å². The third kappa shape index (κ3) is 5.31. The number of carbonyl (C=O) groups excluding carboxylic acids is 2. The van der Waals surface area contributed by atoms with Gasteiger partial charge in [0, 0.05) is 11.4 Å². The number of carboxylic acid groups (broad SMARTS) is 1. The van der Waals surface area contributed by atoms with Crippen LogP contribution in [0.3, 0.4) is 0 Å². The Labute approximate surface area is 169 Å². The first-order valence-electron chi connectivity index (χ1n) is 9.57. The van der Waals surface area contributed by atoms with Gasteiger partial charge >= 0.3 is 5.97 Å². The van der Waals surface area contributed by atoms with Crippen molar-refractivity contribution in [2.45, 2.75) is 26.2 Å². The van der Waals surface area contributed by atoms with Crippen molar-refractivity contribution < 1.29 is 19.5 Å². The zero-order valence-corrected chi connectivity index (χ0v) is 16.2. The fourth-order valence-electron chi connectivity index (χ4n) is 3.47. The van der Waals surface area contributed by atoms with E-state index in [1.54, 1.807) is 24.3 Å². The Hall–Kier alpha value is -3.41. The number of allylic oxidation sites excluding steroid dienone is 2. The molecule has 29 heavy (non-hydrogen) atoms. The van der Waals surface area contributed by atoms with Gasteiger partial charge in [0.25, 0.3) is 0 Å². The molecule has 0 saturated heterocycles. The molecule has 3 N–H and O–H groups in total. The van der Waals surface area contributed by atoms with Crippen molar-refractivity contribution in [1.82, 2.24) is 0 Å². The van der Waals surface area contributed by atoms with Crippen molar-refractivity contribution >= 4 is 29.2 Å². The van der Waals surface area contributed by atoms with Gasteiger partial charge in [-0.25, -0.2) is 0 Å². The van der Waals surface area contributed by atoms with E-state index in [-0.39, 0.29) is 18.2 Å². The first kappa shape index (κ1) is 20.3. The van der Waals surface area contributed by atoms with E-state index >= 15 is 0 Å². The molecule has 0 aliphatic heterocycles. The number of aryl methyl sites for hydroxylation is 1. The summed E-state index contributed by atoms with van der Waals surface area (Å²) in [5.41, 5.74) is 2.99. The molecule has 2 atom stereocenters. The standard InChI is InChI=1S/C23H24N2O4/c1-15-13-17(24-22(27)18-9-5-6-10-19(18)23(28)29)11-12-20(15)25-21(26)14-16-7-3-2-4-8-16/h2-8,11-13,18-19H,9-10,14H2,1H3,(H,24,27)(H,25,26)(H,28,29)/t18-,19+/m0/s1. The second-order valence-corrected chi connectivity index (χ2v) is 7.22. The first-order chi connectivity index (χ1) is 13.9. The van der Waals surface area contributed by atoms with Crippen LogP contribution < -0.4 is 10.6 Å². The Morgan fingerprint density at radius 3 is 2.31 bits per heavy atom. The maximum absolute atomic E-state index is 12.6. The number of amides is 2. The minimum absolute atomic E-state index is 0.116. The van der Waals surface area contributed by atoms with Crippen LogP contribution in [0.15, 0.2) is 60.7 Å². The van der Waals surface area contributed by atoms with E-state index in [2.05, 4.69) is 10.6 Å². The van der Waals surface area contributed by atoms with Gasteiger partial charge in [0.15, 0.2) is 0 Å². The molecule has 0 aromatic heterocycles. The first-order valence-corrected chi connectivity index (χ1v) is 9.57. The lowest BCUT2D eigenvalue weighted by Crippen LogP contribution is -2.34. The molecule has 6 nitrogen and oxygen atoms in total. The molecular formula is C23H24N2O4. The van der Waals surface area contributed by atoms with Gasteiger partial charge in [-0.15, -0.1) is 0 Å². The number of benzene rings is 2. The second-order valence-electron chi connectivity index (χ2n) is 7.22. The lowest BCUT2D eigenvalue weighted by atomic mass is 9.82. The highest BCUT2D eigenvalue weighted by atomic mass is 16.4. The Balaban J connectivity index is 1.63. The highest BCUT2D eigenvalue weighted by Gasteiger charge is 2.33. The molecule has 2 aromatic carbocycles. The van der Waals surface area contributed by atoms with Crippen molar-refractivity contribution in [3.8, 4) is 0 Å². The van der Waals surface area contributed by atoms with Crippen LogP contribution in [0.2, 0.25) is 0 Å². The summed E-state index contributed by atoms with van der Waals surface area (Å²) in [5, 5.41) is 15.0. The van der Waals surface area contributed by atoms with Crippen LogP contribution in [0.5, 0.6) is 0 Å². The molecule has 2 aromatic rings.